The minimum Gasteiger partial charge on any atom is -0.378 e. The van der Waals surface area contributed by atoms with Crippen molar-refractivity contribution in [3.8, 4) is 0 Å². The van der Waals surface area contributed by atoms with E-state index in [-0.39, 0.29) is 18.2 Å². The first-order valence-electron chi connectivity index (χ1n) is 10.6. The molecule has 160 valence electrons. The lowest BCUT2D eigenvalue weighted by atomic mass is 10.0. The molecule has 1 heterocycles. The van der Waals surface area contributed by atoms with Gasteiger partial charge in [0.15, 0.2) is 0 Å². The number of morpholine rings is 1. The Morgan fingerprint density at radius 1 is 0.968 bits per heavy atom. The quantitative estimate of drug-likeness (QED) is 0.645. The molecular formula is C25H27N3O3. The van der Waals surface area contributed by atoms with Gasteiger partial charge in [0, 0.05) is 13.1 Å². The van der Waals surface area contributed by atoms with Gasteiger partial charge in [-0.1, -0.05) is 54.6 Å². The maximum absolute atomic E-state index is 12.8. The van der Waals surface area contributed by atoms with Crippen molar-refractivity contribution in [2.24, 2.45) is 0 Å². The summed E-state index contributed by atoms with van der Waals surface area (Å²) in [6.07, 6.45) is 0.226. The van der Waals surface area contributed by atoms with Crippen LogP contribution in [-0.2, 0) is 20.7 Å². The Labute approximate surface area is 182 Å². The van der Waals surface area contributed by atoms with Crippen molar-refractivity contribution in [3.63, 3.8) is 0 Å². The number of hydrogen-bond donors (Lipinski definition) is 2. The highest BCUT2D eigenvalue weighted by atomic mass is 16.5. The number of fused-ring (bicyclic) bond motifs is 1. The summed E-state index contributed by atoms with van der Waals surface area (Å²) in [5.41, 5.74) is 2.65. The molecule has 2 amide bonds. The zero-order chi connectivity index (χ0) is 21.6. The molecule has 4 rings (SSSR count). The second-order valence-electron chi connectivity index (χ2n) is 7.71. The molecule has 3 aromatic rings. The smallest absolute Gasteiger partial charge is 0.246 e. The van der Waals surface area contributed by atoms with E-state index in [1.807, 2.05) is 66.7 Å². The molecule has 6 heteroatoms. The number of benzene rings is 3. The molecular weight excluding hydrogens is 390 g/mol. The predicted octanol–water partition coefficient (Wildman–Crippen LogP) is 3.36. The Bertz CT molecular complexity index is 1070. The molecule has 1 aliphatic rings. The SMILES string of the molecule is C[C@@H](NC(=O)Cc1cccc2ccccc12)C(=O)Nc1ccccc1N1CCOCC1. The van der Waals surface area contributed by atoms with Crippen LogP contribution < -0.4 is 15.5 Å². The highest BCUT2D eigenvalue weighted by molar-refractivity contribution is 6.00. The third-order valence-corrected chi connectivity index (χ3v) is 5.52. The fraction of sp³-hybridized carbons (Fsp3) is 0.280. The van der Waals surface area contributed by atoms with Crippen LogP contribution in [0.4, 0.5) is 11.4 Å². The molecule has 1 saturated heterocycles. The highest BCUT2D eigenvalue weighted by Crippen LogP contribution is 2.26. The summed E-state index contributed by atoms with van der Waals surface area (Å²) in [6, 6.07) is 21.0. The van der Waals surface area contributed by atoms with Gasteiger partial charge in [-0.2, -0.15) is 0 Å². The van der Waals surface area contributed by atoms with E-state index in [0.717, 1.165) is 40.8 Å². The molecule has 0 aromatic heterocycles. The van der Waals surface area contributed by atoms with E-state index in [1.54, 1.807) is 6.92 Å². The number of amides is 2. The molecule has 0 spiro atoms. The number of nitrogens with one attached hydrogen (secondary N) is 2. The van der Waals surface area contributed by atoms with E-state index >= 15 is 0 Å². The summed E-state index contributed by atoms with van der Waals surface area (Å²) in [5.74, 6) is -0.424. The van der Waals surface area contributed by atoms with E-state index in [2.05, 4.69) is 15.5 Å². The fourth-order valence-electron chi connectivity index (χ4n) is 3.88. The van der Waals surface area contributed by atoms with Gasteiger partial charge < -0.3 is 20.3 Å². The van der Waals surface area contributed by atoms with E-state index in [0.29, 0.717) is 13.2 Å². The fourth-order valence-corrected chi connectivity index (χ4v) is 3.88. The van der Waals surface area contributed by atoms with Gasteiger partial charge in [0.1, 0.15) is 6.04 Å². The molecule has 6 nitrogen and oxygen atoms in total. The summed E-state index contributed by atoms with van der Waals surface area (Å²) >= 11 is 0. The first-order valence-corrected chi connectivity index (χ1v) is 10.6. The van der Waals surface area contributed by atoms with Gasteiger partial charge in [0.25, 0.3) is 0 Å². The minimum atomic E-state index is -0.653. The molecule has 3 aromatic carbocycles. The van der Waals surface area contributed by atoms with Crippen molar-refractivity contribution in [1.29, 1.82) is 0 Å². The van der Waals surface area contributed by atoms with Crippen LogP contribution in [0, 0.1) is 0 Å². The predicted molar refractivity (Wildman–Crippen MR) is 123 cm³/mol. The number of hydrogen-bond acceptors (Lipinski definition) is 4. The van der Waals surface area contributed by atoms with Gasteiger partial charge in [0.2, 0.25) is 11.8 Å². The maximum Gasteiger partial charge on any atom is 0.246 e. The highest BCUT2D eigenvalue weighted by Gasteiger charge is 2.20. The van der Waals surface area contributed by atoms with E-state index in [9.17, 15) is 9.59 Å². The van der Waals surface area contributed by atoms with Crippen molar-refractivity contribution < 1.29 is 14.3 Å². The average molecular weight is 418 g/mol. The van der Waals surface area contributed by atoms with Gasteiger partial charge in [-0.15, -0.1) is 0 Å². The van der Waals surface area contributed by atoms with Gasteiger partial charge >= 0.3 is 0 Å². The molecule has 0 aliphatic carbocycles. The molecule has 1 atom stereocenters. The third-order valence-electron chi connectivity index (χ3n) is 5.52. The lowest BCUT2D eigenvalue weighted by molar-refractivity contribution is -0.125. The summed E-state index contributed by atoms with van der Waals surface area (Å²) < 4.78 is 5.42. The largest absolute Gasteiger partial charge is 0.378 e. The van der Waals surface area contributed by atoms with Crippen LogP contribution in [0.25, 0.3) is 10.8 Å². The van der Waals surface area contributed by atoms with Crippen molar-refractivity contribution in [1.82, 2.24) is 5.32 Å². The first kappa shape index (κ1) is 20.9. The van der Waals surface area contributed by atoms with Crippen LogP contribution in [0.3, 0.4) is 0 Å². The summed E-state index contributed by atoms with van der Waals surface area (Å²) in [4.78, 5) is 27.6. The summed E-state index contributed by atoms with van der Waals surface area (Å²) in [5, 5.41) is 7.95. The van der Waals surface area contributed by atoms with Gasteiger partial charge in [0.05, 0.1) is 31.0 Å². The second kappa shape index (κ2) is 9.62. The normalized spacial score (nSPS) is 14.8. The Balaban J connectivity index is 1.39. The lowest BCUT2D eigenvalue weighted by Gasteiger charge is -2.30. The molecule has 0 unspecified atom stereocenters. The zero-order valence-corrected chi connectivity index (χ0v) is 17.6. The topological polar surface area (TPSA) is 70.7 Å². The van der Waals surface area contributed by atoms with Crippen LogP contribution in [0.15, 0.2) is 66.7 Å². The van der Waals surface area contributed by atoms with E-state index < -0.39 is 6.04 Å². The van der Waals surface area contributed by atoms with Crippen LogP contribution >= 0.6 is 0 Å². The molecule has 0 bridgehead atoms. The Morgan fingerprint density at radius 2 is 1.68 bits per heavy atom. The van der Waals surface area contributed by atoms with Crippen LogP contribution in [0.5, 0.6) is 0 Å². The molecule has 1 fully saturated rings. The number of nitrogens with zero attached hydrogens (tertiary/aromatic N) is 1. The van der Waals surface area contributed by atoms with Crippen LogP contribution in [0.2, 0.25) is 0 Å². The van der Waals surface area contributed by atoms with Crippen molar-refractivity contribution >= 4 is 34.0 Å². The lowest BCUT2D eigenvalue weighted by Crippen LogP contribution is -2.42. The van der Waals surface area contributed by atoms with E-state index in [4.69, 9.17) is 4.74 Å². The van der Waals surface area contributed by atoms with Crippen molar-refractivity contribution in [2.45, 2.75) is 19.4 Å². The Kier molecular flexibility index (Phi) is 6.48. The van der Waals surface area contributed by atoms with Crippen molar-refractivity contribution in [3.05, 3.63) is 72.3 Å². The maximum atomic E-state index is 12.8. The van der Waals surface area contributed by atoms with Crippen LogP contribution in [-0.4, -0.2) is 44.2 Å². The number of ether oxygens (including phenoxy) is 1. The molecule has 1 aliphatic heterocycles. The standard InChI is InChI=1S/C25H27N3O3/c1-18(26-24(29)17-20-9-6-8-19-7-2-3-10-21(19)20)25(30)27-22-11-4-5-12-23(22)28-13-15-31-16-14-28/h2-12,18H,13-17H2,1H3,(H,26,29)(H,27,30)/t18-/m1/s1. The van der Waals surface area contributed by atoms with Gasteiger partial charge in [-0.25, -0.2) is 0 Å². The number of carbonyl (C=O) groups is 2. The van der Waals surface area contributed by atoms with Gasteiger partial charge in [-0.05, 0) is 35.4 Å². The molecule has 0 radical (unpaired) electrons. The molecule has 2 N–H and O–H groups in total. The number of rotatable bonds is 6. The number of anilines is 2. The zero-order valence-electron chi connectivity index (χ0n) is 17.6. The monoisotopic (exact) mass is 417 g/mol. The number of para-hydroxylation sites is 2. The first-order chi connectivity index (χ1) is 15.1. The van der Waals surface area contributed by atoms with E-state index in [1.165, 1.54) is 0 Å². The minimum absolute atomic E-state index is 0.180. The molecule has 0 saturated carbocycles. The summed E-state index contributed by atoms with van der Waals surface area (Å²) in [7, 11) is 0. The van der Waals surface area contributed by atoms with Crippen LogP contribution in [0.1, 0.15) is 12.5 Å². The Hall–Kier alpha value is -3.38. The van der Waals surface area contributed by atoms with Crippen molar-refractivity contribution in [2.75, 3.05) is 36.5 Å². The average Bonchev–Trinajstić information content (AvgIpc) is 2.80. The summed E-state index contributed by atoms with van der Waals surface area (Å²) in [6.45, 7) is 4.61. The number of carbonyl (C=O) groups excluding carboxylic acids is 2. The second-order valence-corrected chi connectivity index (χ2v) is 7.71. The third kappa shape index (κ3) is 5.03. The van der Waals surface area contributed by atoms with Gasteiger partial charge in [-0.3, -0.25) is 9.59 Å². The Morgan fingerprint density at radius 3 is 2.52 bits per heavy atom. The molecule has 31 heavy (non-hydrogen) atoms.